The molecule has 376 valence electrons. The van der Waals surface area contributed by atoms with Crippen LogP contribution in [0.4, 0.5) is 32.0 Å². The Labute approximate surface area is 403 Å². The van der Waals surface area contributed by atoms with Crippen LogP contribution in [0.2, 0.25) is 0 Å². The van der Waals surface area contributed by atoms with Crippen LogP contribution in [0.1, 0.15) is 79.4 Å². The first kappa shape index (κ1) is 59.8. The van der Waals surface area contributed by atoms with Gasteiger partial charge < -0.3 is 23.0 Å². The van der Waals surface area contributed by atoms with Crippen molar-refractivity contribution in [2.75, 3.05) is 75.3 Å². The summed E-state index contributed by atoms with van der Waals surface area (Å²) in [4.78, 5) is 1.36. The Hall–Kier alpha value is -3.37. The van der Waals surface area contributed by atoms with Gasteiger partial charge in [-0.3, -0.25) is 0 Å². The molecule has 0 saturated heterocycles. The van der Waals surface area contributed by atoms with Crippen LogP contribution in [-0.4, -0.2) is 116 Å². The minimum Gasteiger partial charge on any atom is -0.748 e. The molecule has 1 aliphatic heterocycles. The van der Waals surface area contributed by atoms with Crippen molar-refractivity contribution in [2.45, 2.75) is 95.6 Å². The summed E-state index contributed by atoms with van der Waals surface area (Å²) in [5, 5.41) is 0.239. The Kier molecular flexibility index (Phi) is 24.2. The lowest BCUT2D eigenvalue weighted by atomic mass is 9.99. The molecule has 3 aromatic rings. The van der Waals surface area contributed by atoms with Crippen molar-refractivity contribution in [1.29, 1.82) is 0 Å². The predicted molar refractivity (Wildman–Crippen MR) is 260 cm³/mol. The molecule has 1 aromatic heterocycles. The number of anilines is 1. The molecule has 0 spiro atoms. The fourth-order valence-electron chi connectivity index (χ4n) is 7.74. The van der Waals surface area contributed by atoms with E-state index in [0.29, 0.717) is 22.3 Å². The molecule has 0 N–H and O–H groups in total. The molecule has 0 unspecified atom stereocenters. The number of thioether (sulfide) groups is 2. The topological polar surface area (TPSA) is 122 Å². The van der Waals surface area contributed by atoms with Crippen LogP contribution in [0.15, 0.2) is 95.0 Å². The molecule has 1 aliphatic rings. The highest BCUT2D eigenvalue weighted by Crippen LogP contribution is 2.45. The van der Waals surface area contributed by atoms with E-state index in [1.807, 2.05) is 0 Å². The van der Waals surface area contributed by atoms with Crippen LogP contribution < -0.4 is 9.47 Å². The van der Waals surface area contributed by atoms with E-state index in [9.17, 15) is 52.3 Å². The molecule has 0 saturated carbocycles. The molecule has 0 aliphatic carbocycles. The zero-order valence-corrected chi connectivity index (χ0v) is 43.0. The fraction of sp³-hybridized carbons (Fsp3) is 0.511. The van der Waals surface area contributed by atoms with Crippen molar-refractivity contribution in [3.8, 4) is 0 Å². The first-order chi connectivity index (χ1) is 31.3. The van der Waals surface area contributed by atoms with Gasteiger partial charge in [-0.1, -0.05) is 42.5 Å². The van der Waals surface area contributed by atoms with Gasteiger partial charge in [-0.2, -0.15) is 30.9 Å². The van der Waals surface area contributed by atoms with Crippen molar-refractivity contribution in [2.24, 2.45) is 0 Å². The van der Waals surface area contributed by atoms with Gasteiger partial charge in [0.2, 0.25) is 5.52 Å². The van der Waals surface area contributed by atoms with E-state index in [1.165, 1.54) is 104 Å². The van der Waals surface area contributed by atoms with Crippen LogP contribution in [0.3, 0.4) is 0 Å². The molecule has 0 amide bonds. The van der Waals surface area contributed by atoms with Gasteiger partial charge in [-0.15, -0.1) is 0 Å². The second kappa shape index (κ2) is 27.1. The second-order valence-electron chi connectivity index (χ2n) is 15.7. The molecular weight excluding hydrogens is 959 g/mol. The lowest BCUT2D eigenvalue weighted by Crippen LogP contribution is -2.47. The minimum atomic E-state index is -4.60. The maximum atomic E-state index is 13.4. The van der Waals surface area contributed by atoms with E-state index in [-0.39, 0.29) is 70.2 Å². The van der Waals surface area contributed by atoms with Crippen LogP contribution in [-0.2, 0) is 26.8 Å². The van der Waals surface area contributed by atoms with Gasteiger partial charge in [-0.05, 0) is 121 Å². The average molecular weight is 1030 g/mol. The summed E-state index contributed by atoms with van der Waals surface area (Å²) in [6.07, 6.45) is 12.3. The standard InChI is InChI=1S/C31H28F6N2O6S4.2C8H20N/c32-30(33,34)46-26-12-4-10-24-28(26)22(14-18-38(24)16-6-20-48(40,41)42)8-2-1-3-9-23-15-19-39(17-7-21-49(43,44)45)25-11-5-13-27(29(23)25)47-31(35,36)37;2*1-5-9(6-2,7-3)8-4/h1-5,8-15,18-19H,6-7,16-17,20-21H2,(H-,40,41,42,43,44,45);2*5-8H2,1-4H3/q;2*+1/p-1. The smallest absolute Gasteiger partial charge is 0.446 e. The third kappa shape index (κ3) is 20.2. The largest absolute Gasteiger partial charge is 0.748 e. The number of benzene rings is 2. The number of allylic oxidation sites excluding steroid dienone is 6. The van der Waals surface area contributed by atoms with E-state index in [1.54, 1.807) is 58.3 Å². The van der Waals surface area contributed by atoms with Gasteiger partial charge in [0, 0.05) is 63.8 Å². The van der Waals surface area contributed by atoms with Gasteiger partial charge in [0.05, 0.1) is 78.0 Å². The Bertz CT molecular complexity index is 2330. The highest BCUT2D eigenvalue weighted by Gasteiger charge is 2.33. The summed E-state index contributed by atoms with van der Waals surface area (Å²) in [5.41, 5.74) is -7.42. The van der Waals surface area contributed by atoms with Crippen molar-refractivity contribution < 1.29 is 65.8 Å². The van der Waals surface area contributed by atoms with E-state index in [0.717, 1.165) is 0 Å². The number of hydrogen-bond donors (Lipinski definition) is 0. The number of pyridine rings is 1. The molecule has 10 nitrogen and oxygen atoms in total. The molecule has 2 heterocycles. The molecule has 0 fully saturated rings. The van der Waals surface area contributed by atoms with E-state index < -0.39 is 42.8 Å². The molecule has 20 heteroatoms. The number of aromatic nitrogens is 1. The number of quaternary nitrogens is 2. The van der Waals surface area contributed by atoms with Crippen molar-refractivity contribution in [3.63, 3.8) is 0 Å². The molecule has 0 bridgehead atoms. The number of rotatable bonds is 21. The molecule has 4 rings (SSSR count). The van der Waals surface area contributed by atoms with Gasteiger partial charge >= 0.3 is 11.0 Å². The van der Waals surface area contributed by atoms with E-state index in [4.69, 9.17) is 0 Å². The maximum Gasteiger partial charge on any atom is 0.446 e. The lowest BCUT2D eigenvalue weighted by molar-refractivity contribution is -0.921. The molecule has 2 aromatic carbocycles. The van der Waals surface area contributed by atoms with Gasteiger partial charge in [-0.25, -0.2) is 16.8 Å². The van der Waals surface area contributed by atoms with Crippen molar-refractivity contribution >= 4 is 72.0 Å². The van der Waals surface area contributed by atoms with E-state index >= 15 is 0 Å². The summed E-state index contributed by atoms with van der Waals surface area (Å²) in [5.74, 6) is -1.28. The minimum absolute atomic E-state index is 0.0462. The average Bonchev–Trinajstić information content (AvgIpc) is 3.25. The fourth-order valence-corrected chi connectivity index (χ4v) is 10.1. The zero-order valence-electron chi connectivity index (χ0n) is 39.7. The third-order valence-corrected chi connectivity index (χ3v) is 15.4. The first-order valence-corrected chi connectivity index (χ1v) is 27.2. The summed E-state index contributed by atoms with van der Waals surface area (Å²) < 4.78 is 151. The summed E-state index contributed by atoms with van der Waals surface area (Å²) in [7, 11) is -8.96. The number of aryl methyl sites for hydroxylation is 1. The number of fused-ring (bicyclic) bond motifs is 2. The van der Waals surface area contributed by atoms with Gasteiger partial charge in [0.15, 0.2) is 6.20 Å². The third-order valence-electron chi connectivity index (χ3n) is 12.3. The normalized spacial score (nSPS) is 14.4. The number of hydrogen-bond acceptors (Lipinski definition) is 9. The lowest BCUT2D eigenvalue weighted by Gasteiger charge is -2.34. The van der Waals surface area contributed by atoms with E-state index in [2.05, 4.69) is 55.4 Å². The van der Waals surface area contributed by atoms with Crippen molar-refractivity contribution in [3.05, 3.63) is 96.4 Å². The molecule has 0 radical (unpaired) electrons. The van der Waals surface area contributed by atoms with Gasteiger partial charge in [0.1, 0.15) is 6.54 Å². The Morgan fingerprint density at radius 2 is 1.15 bits per heavy atom. The summed E-state index contributed by atoms with van der Waals surface area (Å²) in [6.45, 7) is 28.6. The van der Waals surface area contributed by atoms with Crippen LogP contribution in [0.25, 0.3) is 22.6 Å². The SMILES string of the molecule is CC[N+](CC)(CC)CC.CC[N+](CC)(CC)CC.O=S(=O)([O-])CCCN1C=C\C(=C/C=C/C=C/c2cc[n+](CCCS(=O)(=O)[O-])c3cccc(SC(F)(F)F)c23)c2c(SC(F)(F)F)cccc21. The summed E-state index contributed by atoms with van der Waals surface area (Å²) in [6, 6.07) is 10.2. The Morgan fingerprint density at radius 3 is 1.64 bits per heavy atom. The molecular formula is C47H67F6N4O6S4+. The quantitative estimate of drug-likeness (QED) is 0.0256. The van der Waals surface area contributed by atoms with Crippen molar-refractivity contribution in [1.82, 2.24) is 0 Å². The van der Waals surface area contributed by atoms with Crippen LogP contribution in [0.5, 0.6) is 0 Å². The highest BCUT2D eigenvalue weighted by molar-refractivity contribution is 8.00. The number of halogens is 6. The molecule has 0 atom stereocenters. The number of nitrogens with zero attached hydrogens (tertiary/aromatic N) is 4. The molecule has 67 heavy (non-hydrogen) atoms. The Morgan fingerprint density at radius 1 is 0.657 bits per heavy atom. The second-order valence-corrected chi connectivity index (χ2v) is 20.9. The maximum absolute atomic E-state index is 13.4. The zero-order chi connectivity index (χ0) is 50.7. The van der Waals surface area contributed by atoms with Crippen LogP contribution >= 0.6 is 23.5 Å². The first-order valence-electron chi connectivity index (χ1n) is 22.5. The predicted octanol–water partition coefficient (Wildman–Crippen LogP) is 11.0. The Balaban J connectivity index is 0.000000717. The summed E-state index contributed by atoms with van der Waals surface area (Å²) >= 11 is -0.622. The van der Waals surface area contributed by atoms with Gasteiger partial charge in [0.25, 0.3) is 0 Å². The van der Waals surface area contributed by atoms with Crippen LogP contribution in [0, 0.1) is 0 Å². The number of alkyl halides is 6. The monoisotopic (exact) mass is 1030 g/mol. The highest BCUT2D eigenvalue weighted by atomic mass is 32.2.